The Morgan fingerprint density at radius 2 is 1.89 bits per heavy atom. The summed E-state index contributed by atoms with van der Waals surface area (Å²) < 4.78 is 0. The highest BCUT2D eigenvalue weighted by atomic mass is 16.2. The van der Waals surface area contributed by atoms with Crippen LogP contribution in [0.2, 0.25) is 0 Å². The van der Waals surface area contributed by atoms with Gasteiger partial charge in [-0.3, -0.25) is 4.79 Å². The Kier molecular flexibility index (Phi) is 5.05. The Balaban J connectivity index is 1.44. The molecular formula is C21H27N5O. The molecule has 2 aliphatic heterocycles. The molecule has 0 aliphatic carbocycles. The standard InChI is InChI=1S/C21H27N5O/c1-15(2)10-19-22-12-17-13-26(14-18(17)24-19)20-7-6-16(11-23-20)21(27)25-8-4-3-5-9-25/h6-7,11-12,15H,3-5,8-10,13-14H2,1-2H3. The molecule has 0 atom stereocenters. The Hall–Kier alpha value is -2.50. The number of carbonyl (C=O) groups is 1. The minimum absolute atomic E-state index is 0.0997. The van der Waals surface area contributed by atoms with Gasteiger partial charge in [0.15, 0.2) is 0 Å². The third kappa shape index (κ3) is 3.94. The smallest absolute Gasteiger partial charge is 0.255 e. The number of anilines is 1. The van der Waals surface area contributed by atoms with Crippen molar-refractivity contribution in [2.45, 2.75) is 52.6 Å². The third-order valence-electron chi connectivity index (χ3n) is 5.26. The predicted molar refractivity (Wildman–Crippen MR) is 104 cm³/mol. The topological polar surface area (TPSA) is 62.2 Å². The number of piperidine rings is 1. The molecule has 0 saturated carbocycles. The first kappa shape index (κ1) is 17.9. The van der Waals surface area contributed by atoms with E-state index in [1.807, 2.05) is 23.2 Å². The first-order valence-corrected chi connectivity index (χ1v) is 9.94. The summed E-state index contributed by atoms with van der Waals surface area (Å²) in [6, 6.07) is 3.85. The molecule has 0 radical (unpaired) electrons. The number of hydrogen-bond acceptors (Lipinski definition) is 5. The van der Waals surface area contributed by atoms with Crippen molar-refractivity contribution in [1.82, 2.24) is 19.9 Å². The number of carbonyl (C=O) groups excluding carboxylic acids is 1. The van der Waals surface area contributed by atoms with Gasteiger partial charge in [0.2, 0.25) is 0 Å². The van der Waals surface area contributed by atoms with Crippen LogP contribution < -0.4 is 4.90 Å². The third-order valence-corrected chi connectivity index (χ3v) is 5.26. The summed E-state index contributed by atoms with van der Waals surface area (Å²) in [4.78, 5) is 30.5. The molecule has 1 amide bonds. The van der Waals surface area contributed by atoms with E-state index in [1.54, 1.807) is 6.20 Å². The van der Waals surface area contributed by atoms with Crippen LogP contribution in [0.15, 0.2) is 24.5 Å². The SMILES string of the molecule is CC(C)Cc1ncc2c(n1)CN(c1ccc(C(=O)N3CCCCC3)cn1)C2. The zero-order chi connectivity index (χ0) is 18.8. The summed E-state index contributed by atoms with van der Waals surface area (Å²) in [5, 5.41) is 0. The summed E-state index contributed by atoms with van der Waals surface area (Å²) in [6.45, 7) is 7.59. The lowest BCUT2D eigenvalue weighted by Gasteiger charge is -2.26. The van der Waals surface area contributed by atoms with Gasteiger partial charge in [0, 0.05) is 44.0 Å². The quantitative estimate of drug-likeness (QED) is 0.832. The molecule has 1 saturated heterocycles. The predicted octanol–water partition coefficient (Wildman–Crippen LogP) is 3.22. The minimum Gasteiger partial charge on any atom is -0.346 e. The van der Waals surface area contributed by atoms with Crippen molar-refractivity contribution in [1.29, 1.82) is 0 Å². The molecule has 27 heavy (non-hydrogen) atoms. The normalized spacial score (nSPS) is 16.7. The fourth-order valence-electron chi connectivity index (χ4n) is 3.80. The van der Waals surface area contributed by atoms with Gasteiger partial charge in [0.25, 0.3) is 5.91 Å². The highest BCUT2D eigenvalue weighted by molar-refractivity contribution is 5.94. The van der Waals surface area contributed by atoms with Gasteiger partial charge in [-0.05, 0) is 37.3 Å². The average Bonchev–Trinajstić information content (AvgIpc) is 3.11. The van der Waals surface area contributed by atoms with Crippen molar-refractivity contribution in [3.8, 4) is 0 Å². The number of fused-ring (bicyclic) bond motifs is 1. The number of amides is 1. The molecule has 142 valence electrons. The Morgan fingerprint density at radius 3 is 2.59 bits per heavy atom. The Bertz CT molecular complexity index is 812. The molecule has 0 bridgehead atoms. The highest BCUT2D eigenvalue weighted by Crippen LogP contribution is 2.26. The van der Waals surface area contributed by atoms with Gasteiger partial charge in [0.05, 0.1) is 17.8 Å². The molecule has 2 aliphatic rings. The van der Waals surface area contributed by atoms with E-state index in [1.165, 1.54) is 6.42 Å². The van der Waals surface area contributed by atoms with Crippen molar-refractivity contribution >= 4 is 11.7 Å². The van der Waals surface area contributed by atoms with Gasteiger partial charge in [-0.1, -0.05) is 13.8 Å². The van der Waals surface area contributed by atoms with Crippen molar-refractivity contribution in [2.24, 2.45) is 5.92 Å². The van der Waals surface area contributed by atoms with Gasteiger partial charge < -0.3 is 9.80 Å². The van der Waals surface area contributed by atoms with E-state index in [0.29, 0.717) is 11.5 Å². The maximum absolute atomic E-state index is 12.6. The number of likely N-dealkylation sites (tertiary alicyclic amines) is 1. The highest BCUT2D eigenvalue weighted by Gasteiger charge is 2.23. The molecule has 2 aromatic rings. The maximum atomic E-state index is 12.6. The molecule has 4 heterocycles. The minimum atomic E-state index is 0.0997. The summed E-state index contributed by atoms with van der Waals surface area (Å²) in [5.41, 5.74) is 2.94. The summed E-state index contributed by atoms with van der Waals surface area (Å²) in [6.07, 6.45) is 7.99. The van der Waals surface area contributed by atoms with E-state index in [-0.39, 0.29) is 5.91 Å². The van der Waals surface area contributed by atoms with Crippen molar-refractivity contribution in [2.75, 3.05) is 18.0 Å². The van der Waals surface area contributed by atoms with Crippen LogP contribution in [0.25, 0.3) is 0 Å². The molecule has 0 spiro atoms. The molecule has 4 rings (SSSR count). The van der Waals surface area contributed by atoms with Crippen LogP contribution in [0.1, 0.15) is 60.5 Å². The second-order valence-corrected chi connectivity index (χ2v) is 7.97. The molecule has 1 fully saturated rings. The van der Waals surface area contributed by atoms with Crippen LogP contribution in [0.5, 0.6) is 0 Å². The van der Waals surface area contributed by atoms with Crippen molar-refractivity contribution in [3.63, 3.8) is 0 Å². The summed E-state index contributed by atoms with van der Waals surface area (Å²) in [5.74, 6) is 2.45. The van der Waals surface area contributed by atoms with Crippen molar-refractivity contribution < 1.29 is 4.79 Å². The van der Waals surface area contributed by atoms with Crippen LogP contribution >= 0.6 is 0 Å². The zero-order valence-electron chi connectivity index (χ0n) is 16.2. The lowest BCUT2D eigenvalue weighted by Crippen LogP contribution is -2.35. The summed E-state index contributed by atoms with van der Waals surface area (Å²) >= 11 is 0. The lowest BCUT2D eigenvalue weighted by molar-refractivity contribution is 0.0724. The molecule has 0 aromatic carbocycles. The van der Waals surface area contributed by atoms with Crippen LogP contribution in [-0.4, -0.2) is 38.8 Å². The molecule has 6 nitrogen and oxygen atoms in total. The lowest BCUT2D eigenvalue weighted by atomic mass is 10.1. The van der Waals surface area contributed by atoms with Gasteiger partial charge in [-0.25, -0.2) is 15.0 Å². The number of hydrogen-bond donors (Lipinski definition) is 0. The summed E-state index contributed by atoms with van der Waals surface area (Å²) in [7, 11) is 0. The molecule has 0 N–H and O–H groups in total. The van der Waals surface area contributed by atoms with Gasteiger partial charge in [0.1, 0.15) is 11.6 Å². The number of nitrogens with zero attached hydrogens (tertiary/aromatic N) is 5. The van der Waals surface area contributed by atoms with Gasteiger partial charge in [-0.15, -0.1) is 0 Å². The van der Waals surface area contributed by atoms with E-state index < -0.39 is 0 Å². The first-order chi connectivity index (χ1) is 13.1. The zero-order valence-corrected chi connectivity index (χ0v) is 16.2. The van der Waals surface area contributed by atoms with Gasteiger partial charge in [-0.2, -0.15) is 0 Å². The van der Waals surface area contributed by atoms with E-state index in [2.05, 4.69) is 28.7 Å². The molecular weight excluding hydrogens is 338 g/mol. The van der Waals surface area contributed by atoms with Crippen LogP contribution in [0.3, 0.4) is 0 Å². The van der Waals surface area contributed by atoms with Crippen molar-refractivity contribution in [3.05, 3.63) is 47.2 Å². The fourth-order valence-corrected chi connectivity index (χ4v) is 3.80. The Morgan fingerprint density at radius 1 is 1.07 bits per heavy atom. The second kappa shape index (κ2) is 7.62. The molecule has 2 aromatic heterocycles. The van der Waals surface area contributed by atoms with E-state index in [9.17, 15) is 4.79 Å². The number of aromatic nitrogens is 3. The first-order valence-electron chi connectivity index (χ1n) is 9.94. The van der Waals surface area contributed by atoms with Crippen LogP contribution in [-0.2, 0) is 19.5 Å². The largest absolute Gasteiger partial charge is 0.346 e. The molecule has 6 heteroatoms. The Labute approximate surface area is 160 Å². The average molecular weight is 365 g/mol. The maximum Gasteiger partial charge on any atom is 0.255 e. The van der Waals surface area contributed by atoms with E-state index in [0.717, 1.165) is 68.3 Å². The van der Waals surface area contributed by atoms with Crippen LogP contribution in [0, 0.1) is 5.92 Å². The fraction of sp³-hybridized carbons (Fsp3) is 0.524. The van der Waals surface area contributed by atoms with Crippen LogP contribution in [0.4, 0.5) is 5.82 Å². The number of rotatable bonds is 4. The number of pyridine rings is 1. The monoisotopic (exact) mass is 365 g/mol. The molecule has 0 unspecified atom stereocenters. The van der Waals surface area contributed by atoms with E-state index >= 15 is 0 Å². The second-order valence-electron chi connectivity index (χ2n) is 7.97. The van der Waals surface area contributed by atoms with Gasteiger partial charge >= 0.3 is 0 Å². The van der Waals surface area contributed by atoms with E-state index in [4.69, 9.17) is 4.98 Å².